The Kier molecular flexibility index (Phi) is 4.12. The fourth-order valence-electron chi connectivity index (χ4n) is 2.73. The second-order valence-electron chi connectivity index (χ2n) is 5.91. The number of carbonyl (C=O) groups is 1. The highest BCUT2D eigenvalue weighted by Crippen LogP contribution is 2.27. The van der Waals surface area contributed by atoms with Gasteiger partial charge < -0.3 is 9.67 Å². The number of benzene rings is 2. The van der Waals surface area contributed by atoms with Crippen molar-refractivity contribution in [3.63, 3.8) is 0 Å². The number of carboxylic acid groups (broad SMARTS) is 1. The molecule has 3 aromatic rings. The zero-order valence-corrected chi connectivity index (χ0v) is 13.4. The molecule has 0 aliphatic rings. The van der Waals surface area contributed by atoms with Gasteiger partial charge in [0.1, 0.15) is 5.56 Å². The minimum Gasteiger partial charge on any atom is -0.477 e. The summed E-state index contributed by atoms with van der Waals surface area (Å²) >= 11 is 0. The third-order valence-corrected chi connectivity index (χ3v) is 4.03. The van der Waals surface area contributed by atoms with E-state index in [0.717, 1.165) is 12.5 Å². The fourth-order valence-corrected chi connectivity index (χ4v) is 2.73. The van der Waals surface area contributed by atoms with Crippen LogP contribution in [0.15, 0.2) is 59.5 Å². The lowest BCUT2D eigenvalue weighted by atomic mass is 10.1. The number of alkyl halides is 2. The van der Waals surface area contributed by atoms with Gasteiger partial charge in [-0.3, -0.25) is 4.79 Å². The highest BCUT2D eigenvalue weighted by Gasteiger charge is 2.23. The lowest BCUT2D eigenvalue weighted by Gasteiger charge is -2.14. The third kappa shape index (κ3) is 3.28. The highest BCUT2D eigenvalue weighted by molar-refractivity contribution is 5.92. The van der Waals surface area contributed by atoms with Gasteiger partial charge in [0, 0.05) is 30.6 Å². The van der Waals surface area contributed by atoms with E-state index in [2.05, 4.69) is 0 Å². The van der Waals surface area contributed by atoms with Crippen molar-refractivity contribution in [1.82, 2.24) is 4.57 Å². The lowest BCUT2D eigenvalue weighted by molar-refractivity contribution is 0.0174. The number of pyridine rings is 1. The lowest BCUT2D eigenvalue weighted by Crippen LogP contribution is -2.19. The van der Waals surface area contributed by atoms with Crippen LogP contribution in [0.4, 0.5) is 8.78 Å². The van der Waals surface area contributed by atoms with E-state index in [4.69, 9.17) is 0 Å². The van der Waals surface area contributed by atoms with E-state index in [-0.39, 0.29) is 17.7 Å². The van der Waals surface area contributed by atoms with Gasteiger partial charge >= 0.3 is 5.97 Å². The molecule has 1 heterocycles. The number of hydrogen-bond acceptors (Lipinski definition) is 2. The van der Waals surface area contributed by atoms with Crippen LogP contribution < -0.4 is 5.43 Å². The Morgan fingerprint density at radius 1 is 1.12 bits per heavy atom. The minimum absolute atomic E-state index is 0.0905. The smallest absolute Gasteiger partial charge is 0.341 e. The summed E-state index contributed by atoms with van der Waals surface area (Å²) in [6.07, 6.45) is 1.29. The summed E-state index contributed by atoms with van der Waals surface area (Å²) in [5, 5.41) is 9.55. The molecule has 25 heavy (non-hydrogen) atoms. The van der Waals surface area contributed by atoms with Crippen LogP contribution in [0.2, 0.25) is 0 Å². The number of nitrogens with zero attached hydrogens (tertiary/aromatic N) is 1. The molecule has 0 aliphatic heterocycles. The molecule has 2 aromatic carbocycles. The van der Waals surface area contributed by atoms with Crippen molar-refractivity contribution in [2.75, 3.05) is 0 Å². The molecular weight excluding hydrogens is 328 g/mol. The predicted octanol–water partition coefficient (Wildman–Crippen LogP) is 3.86. The summed E-state index contributed by atoms with van der Waals surface area (Å²) in [6.45, 7) is 1.09. The molecule has 0 aliphatic carbocycles. The van der Waals surface area contributed by atoms with Crippen LogP contribution in [0.25, 0.3) is 10.9 Å². The maximum atomic E-state index is 13.3. The van der Waals surface area contributed by atoms with Gasteiger partial charge in [0.15, 0.2) is 0 Å². The van der Waals surface area contributed by atoms with Crippen LogP contribution in [-0.2, 0) is 12.5 Å². The van der Waals surface area contributed by atoms with Crippen LogP contribution in [0, 0.1) is 0 Å². The minimum atomic E-state index is -2.92. The quantitative estimate of drug-likeness (QED) is 0.782. The van der Waals surface area contributed by atoms with Crippen LogP contribution >= 0.6 is 0 Å². The van der Waals surface area contributed by atoms with Crippen molar-refractivity contribution in [2.45, 2.75) is 19.4 Å². The summed E-state index contributed by atoms with van der Waals surface area (Å²) in [5.74, 6) is -4.22. The molecule has 0 saturated heterocycles. The zero-order valence-electron chi connectivity index (χ0n) is 13.4. The number of halogens is 2. The van der Waals surface area contributed by atoms with Gasteiger partial charge in [0.25, 0.3) is 5.92 Å². The standard InChI is InChI=1S/C19H15F2NO3/c1-19(20,21)13-8-6-12(7-9-13)10-22-11-15(18(24)25)17(23)14-4-2-3-5-16(14)22/h2-9,11H,10H2,1H3,(H,24,25). The summed E-state index contributed by atoms with van der Waals surface area (Å²) < 4.78 is 28.2. The number of aromatic nitrogens is 1. The van der Waals surface area contributed by atoms with E-state index in [1.807, 2.05) is 0 Å². The van der Waals surface area contributed by atoms with Gasteiger partial charge in [0.05, 0.1) is 5.52 Å². The van der Waals surface area contributed by atoms with Crippen molar-refractivity contribution >= 4 is 16.9 Å². The molecule has 0 saturated carbocycles. The topological polar surface area (TPSA) is 59.3 Å². The second-order valence-corrected chi connectivity index (χ2v) is 5.91. The first-order valence-electron chi connectivity index (χ1n) is 7.60. The maximum Gasteiger partial charge on any atom is 0.341 e. The number of fused-ring (bicyclic) bond motifs is 1. The number of hydrogen-bond donors (Lipinski definition) is 1. The third-order valence-electron chi connectivity index (χ3n) is 4.03. The van der Waals surface area contributed by atoms with Crippen LogP contribution in [-0.4, -0.2) is 15.6 Å². The summed E-state index contributed by atoms with van der Waals surface area (Å²) in [5.41, 5.74) is 0.350. The van der Waals surface area contributed by atoms with Gasteiger partial charge in [-0.25, -0.2) is 13.6 Å². The largest absolute Gasteiger partial charge is 0.477 e. The fraction of sp³-hybridized carbons (Fsp3) is 0.158. The van der Waals surface area contributed by atoms with E-state index in [9.17, 15) is 23.5 Å². The Bertz CT molecular complexity index is 1000. The molecule has 1 N–H and O–H groups in total. The van der Waals surface area contributed by atoms with E-state index >= 15 is 0 Å². The van der Waals surface area contributed by atoms with E-state index in [0.29, 0.717) is 10.9 Å². The summed E-state index contributed by atoms with van der Waals surface area (Å²) in [7, 11) is 0. The van der Waals surface area contributed by atoms with Crippen LogP contribution in [0.3, 0.4) is 0 Å². The van der Waals surface area contributed by atoms with Gasteiger partial charge in [-0.1, -0.05) is 36.4 Å². The molecule has 128 valence electrons. The van der Waals surface area contributed by atoms with E-state index in [1.165, 1.54) is 18.3 Å². The Balaban J connectivity index is 2.08. The number of carboxylic acids is 1. The first kappa shape index (κ1) is 16.8. The SMILES string of the molecule is CC(F)(F)c1ccc(Cn2cc(C(=O)O)c(=O)c3ccccc32)cc1. The maximum absolute atomic E-state index is 13.3. The van der Waals surface area contributed by atoms with Crippen molar-refractivity contribution < 1.29 is 18.7 Å². The number of rotatable bonds is 4. The monoisotopic (exact) mass is 343 g/mol. The van der Waals surface area contributed by atoms with Crippen molar-refractivity contribution in [1.29, 1.82) is 0 Å². The Labute approximate surface area is 142 Å². The summed E-state index contributed by atoms with van der Waals surface area (Å²) in [6, 6.07) is 12.5. The molecule has 4 nitrogen and oxygen atoms in total. The van der Waals surface area contributed by atoms with Crippen molar-refractivity contribution in [2.24, 2.45) is 0 Å². The van der Waals surface area contributed by atoms with E-state index in [1.54, 1.807) is 41.0 Å². The Hall–Kier alpha value is -3.02. The molecule has 0 bridgehead atoms. The van der Waals surface area contributed by atoms with Gasteiger partial charge in [-0.2, -0.15) is 0 Å². The Morgan fingerprint density at radius 3 is 2.36 bits per heavy atom. The predicted molar refractivity (Wildman–Crippen MR) is 90.3 cm³/mol. The first-order valence-corrected chi connectivity index (χ1v) is 7.60. The molecule has 0 fully saturated rings. The Morgan fingerprint density at radius 2 is 1.76 bits per heavy atom. The normalized spacial score (nSPS) is 11.6. The molecule has 0 spiro atoms. The average Bonchev–Trinajstić information content (AvgIpc) is 2.57. The molecule has 1 aromatic heterocycles. The van der Waals surface area contributed by atoms with Gasteiger partial charge in [-0.05, 0) is 17.7 Å². The second kappa shape index (κ2) is 6.12. The van der Waals surface area contributed by atoms with Crippen molar-refractivity contribution in [3.8, 4) is 0 Å². The van der Waals surface area contributed by atoms with Gasteiger partial charge in [0.2, 0.25) is 5.43 Å². The molecule has 0 radical (unpaired) electrons. The molecule has 0 unspecified atom stereocenters. The molecular formula is C19H15F2NO3. The van der Waals surface area contributed by atoms with Gasteiger partial charge in [-0.15, -0.1) is 0 Å². The molecule has 0 amide bonds. The average molecular weight is 343 g/mol. The van der Waals surface area contributed by atoms with Crippen molar-refractivity contribution in [3.05, 3.63) is 81.6 Å². The van der Waals surface area contributed by atoms with Crippen LogP contribution in [0.5, 0.6) is 0 Å². The molecule has 0 atom stereocenters. The highest BCUT2D eigenvalue weighted by atomic mass is 19.3. The van der Waals surface area contributed by atoms with Crippen LogP contribution in [0.1, 0.15) is 28.4 Å². The molecule has 6 heteroatoms. The zero-order chi connectivity index (χ0) is 18.2. The van der Waals surface area contributed by atoms with E-state index < -0.39 is 17.3 Å². The molecule has 3 rings (SSSR count). The summed E-state index contributed by atoms with van der Waals surface area (Å²) in [4.78, 5) is 23.6. The number of aromatic carboxylic acids is 1. The first-order chi connectivity index (χ1) is 11.8. The number of para-hydroxylation sites is 1.